The fourth-order valence-corrected chi connectivity index (χ4v) is 2.88. The number of aromatic nitrogens is 2. The van der Waals surface area contributed by atoms with E-state index in [2.05, 4.69) is 29.1 Å². The Bertz CT molecular complexity index is 458. The van der Waals surface area contributed by atoms with Crippen LogP contribution in [0, 0.1) is 11.8 Å². The van der Waals surface area contributed by atoms with Gasteiger partial charge in [-0.15, -0.1) is 0 Å². The standard InChI is InChI=1S/C13H21N3O2/c1-4-9-5-6-10(8(9)2)16-12-11(18-3)13(17)15-7-14-12/h7-10H,4-6H2,1-3H3,(H2,14,15,16,17). The Labute approximate surface area is 107 Å². The number of methoxy groups -OCH3 is 1. The third-order valence-corrected chi connectivity index (χ3v) is 4.09. The lowest BCUT2D eigenvalue weighted by Crippen LogP contribution is -2.26. The number of nitrogens with zero attached hydrogens (tertiary/aromatic N) is 1. The molecule has 3 atom stereocenters. The molecule has 0 saturated heterocycles. The first-order valence-electron chi connectivity index (χ1n) is 6.55. The Balaban J connectivity index is 2.15. The number of rotatable bonds is 4. The SMILES string of the molecule is CCC1CCC(Nc2nc[nH]c(=O)c2OC)C1C. The molecular weight excluding hydrogens is 230 g/mol. The van der Waals surface area contributed by atoms with Gasteiger partial charge in [0.05, 0.1) is 13.4 Å². The Morgan fingerprint density at radius 2 is 2.33 bits per heavy atom. The molecule has 1 fully saturated rings. The molecule has 1 aromatic heterocycles. The Morgan fingerprint density at radius 1 is 1.56 bits per heavy atom. The third kappa shape index (κ3) is 2.35. The highest BCUT2D eigenvalue weighted by atomic mass is 16.5. The lowest BCUT2D eigenvalue weighted by atomic mass is 9.93. The summed E-state index contributed by atoms with van der Waals surface area (Å²) >= 11 is 0. The summed E-state index contributed by atoms with van der Waals surface area (Å²) in [5.74, 6) is 2.18. The van der Waals surface area contributed by atoms with Crippen molar-refractivity contribution in [3.05, 3.63) is 16.7 Å². The van der Waals surface area contributed by atoms with Gasteiger partial charge in [-0.25, -0.2) is 4.98 Å². The zero-order valence-electron chi connectivity index (χ0n) is 11.2. The lowest BCUT2D eigenvalue weighted by Gasteiger charge is -2.22. The molecule has 2 rings (SSSR count). The van der Waals surface area contributed by atoms with Crippen molar-refractivity contribution in [1.82, 2.24) is 9.97 Å². The summed E-state index contributed by atoms with van der Waals surface area (Å²) in [7, 11) is 1.49. The van der Waals surface area contributed by atoms with E-state index in [1.807, 2.05) is 0 Å². The quantitative estimate of drug-likeness (QED) is 0.859. The van der Waals surface area contributed by atoms with Crippen LogP contribution in [-0.4, -0.2) is 23.1 Å². The molecule has 1 aliphatic rings. The monoisotopic (exact) mass is 251 g/mol. The van der Waals surface area contributed by atoms with E-state index in [4.69, 9.17) is 4.74 Å². The fourth-order valence-electron chi connectivity index (χ4n) is 2.88. The van der Waals surface area contributed by atoms with E-state index in [-0.39, 0.29) is 11.3 Å². The van der Waals surface area contributed by atoms with E-state index in [9.17, 15) is 4.79 Å². The van der Waals surface area contributed by atoms with Crippen LogP contribution < -0.4 is 15.6 Å². The van der Waals surface area contributed by atoms with Gasteiger partial charge in [-0.3, -0.25) is 4.79 Å². The molecule has 1 aliphatic carbocycles. The summed E-state index contributed by atoms with van der Waals surface area (Å²) in [4.78, 5) is 18.3. The van der Waals surface area contributed by atoms with Gasteiger partial charge in [0.1, 0.15) is 0 Å². The molecule has 5 heteroatoms. The summed E-state index contributed by atoms with van der Waals surface area (Å²) in [6.07, 6.45) is 4.97. The van der Waals surface area contributed by atoms with Crippen molar-refractivity contribution in [2.24, 2.45) is 11.8 Å². The normalized spacial score (nSPS) is 27.2. The van der Waals surface area contributed by atoms with Gasteiger partial charge >= 0.3 is 0 Å². The van der Waals surface area contributed by atoms with Crippen LogP contribution in [-0.2, 0) is 0 Å². The highest BCUT2D eigenvalue weighted by molar-refractivity contribution is 5.48. The van der Waals surface area contributed by atoms with Crippen molar-refractivity contribution in [2.75, 3.05) is 12.4 Å². The molecule has 0 aromatic carbocycles. The van der Waals surface area contributed by atoms with E-state index in [0.29, 0.717) is 17.8 Å². The van der Waals surface area contributed by atoms with Crippen molar-refractivity contribution in [3.63, 3.8) is 0 Å². The molecule has 3 unspecified atom stereocenters. The predicted octanol–water partition coefficient (Wildman–Crippen LogP) is 2.02. The number of nitrogens with one attached hydrogen (secondary N) is 2. The zero-order valence-corrected chi connectivity index (χ0v) is 11.2. The molecule has 0 amide bonds. The van der Waals surface area contributed by atoms with Gasteiger partial charge in [0, 0.05) is 6.04 Å². The second-order valence-corrected chi connectivity index (χ2v) is 4.97. The minimum Gasteiger partial charge on any atom is -0.489 e. The summed E-state index contributed by atoms with van der Waals surface area (Å²) in [5.41, 5.74) is -0.243. The van der Waals surface area contributed by atoms with E-state index in [0.717, 1.165) is 12.3 Å². The minimum absolute atomic E-state index is 0.243. The van der Waals surface area contributed by atoms with Crippen LogP contribution in [0.25, 0.3) is 0 Å². The molecule has 100 valence electrons. The molecule has 0 aliphatic heterocycles. The first-order valence-corrected chi connectivity index (χ1v) is 6.55. The van der Waals surface area contributed by atoms with E-state index in [1.165, 1.54) is 26.3 Å². The number of hydrogen-bond donors (Lipinski definition) is 2. The number of ether oxygens (including phenoxy) is 1. The summed E-state index contributed by atoms with van der Waals surface area (Å²) < 4.78 is 5.11. The topological polar surface area (TPSA) is 67.0 Å². The Morgan fingerprint density at radius 3 is 2.94 bits per heavy atom. The molecule has 0 radical (unpaired) electrons. The van der Waals surface area contributed by atoms with Gasteiger partial charge < -0.3 is 15.0 Å². The highest BCUT2D eigenvalue weighted by Gasteiger charge is 2.32. The minimum atomic E-state index is -0.243. The van der Waals surface area contributed by atoms with E-state index in [1.54, 1.807) is 0 Å². The van der Waals surface area contributed by atoms with Gasteiger partial charge in [-0.1, -0.05) is 20.3 Å². The van der Waals surface area contributed by atoms with Gasteiger partial charge in [0.25, 0.3) is 5.56 Å². The number of anilines is 1. The van der Waals surface area contributed by atoms with Crippen molar-refractivity contribution >= 4 is 5.82 Å². The first kappa shape index (κ1) is 12.9. The summed E-state index contributed by atoms with van der Waals surface area (Å²) in [6.45, 7) is 4.49. The highest BCUT2D eigenvalue weighted by Crippen LogP contribution is 2.36. The number of aromatic amines is 1. The number of hydrogen-bond acceptors (Lipinski definition) is 4. The maximum absolute atomic E-state index is 11.6. The molecule has 2 N–H and O–H groups in total. The van der Waals surface area contributed by atoms with E-state index < -0.39 is 0 Å². The molecular formula is C13H21N3O2. The second kappa shape index (κ2) is 5.42. The fraction of sp³-hybridized carbons (Fsp3) is 0.692. The van der Waals surface area contributed by atoms with Crippen molar-refractivity contribution in [1.29, 1.82) is 0 Å². The first-order chi connectivity index (χ1) is 8.67. The van der Waals surface area contributed by atoms with Gasteiger partial charge in [0.2, 0.25) is 5.75 Å². The van der Waals surface area contributed by atoms with Crippen LogP contribution >= 0.6 is 0 Å². The van der Waals surface area contributed by atoms with Crippen LogP contribution in [0.3, 0.4) is 0 Å². The molecule has 0 spiro atoms. The summed E-state index contributed by atoms with van der Waals surface area (Å²) in [6, 6.07) is 0.373. The van der Waals surface area contributed by atoms with Crippen molar-refractivity contribution in [2.45, 2.75) is 39.2 Å². The average molecular weight is 251 g/mol. The van der Waals surface area contributed by atoms with E-state index >= 15 is 0 Å². The van der Waals surface area contributed by atoms with Crippen LogP contribution in [0.1, 0.15) is 33.1 Å². The average Bonchev–Trinajstić information content (AvgIpc) is 2.71. The molecule has 1 saturated carbocycles. The smallest absolute Gasteiger partial charge is 0.295 e. The van der Waals surface area contributed by atoms with Gasteiger partial charge in [-0.2, -0.15) is 0 Å². The molecule has 5 nitrogen and oxygen atoms in total. The zero-order chi connectivity index (χ0) is 13.1. The predicted molar refractivity (Wildman–Crippen MR) is 71.0 cm³/mol. The largest absolute Gasteiger partial charge is 0.489 e. The molecule has 1 heterocycles. The van der Waals surface area contributed by atoms with Crippen molar-refractivity contribution < 1.29 is 4.74 Å². The van der Waals surface area contributed by atoms with Crippen LogP contribution in [0.2, 0.25) is 0 Å². The lowest BCUT2D eigenvalue weighted by molar-refractivity contribution is 0.387. The number of H-pyrrole nitrogens is 1. The van der Waals surface area contributed by atoms with Crippen molar-refractivity contribution in [3.8, 4) is 5.75 Å². The van der Waals surface area contributed by atoms with Crippen LogP contribution in [0.5, 0.6) is 5.75 Å². The molecule has 18 heavy (non-hydrogen) atoms. The van der Waals surface area contributed by atoms with Gasteiger partial charge in [-0.05, 0) is 24.7 Å². The maximum Gasteiger partial charge on any atom is 0.295 e. The summed E-state index contributed by atoms with van der Waals surface area (Å²) in [5, 5.41) is 3.36. The third-order valence-electron chi connectivity index (χ3n) is 4.09. The second-order valence-electron chi connectivity index (χ2n) is 4.97. The van der Waals surface area contributed by atoms with Gasteiger partial charge in [0.15, 0.2) is 5.82 Å². The molecule has 1 aromatic rings. The van der Waals surface area contributed by atoms with Crippen LogP contribution in [0.15, 0.2) is 11.1 Å². The Hall–Kier alpha value is -1.52. The molecule has 0 bridgehead atoms. The van der Waals surface area contributed by atoms with Crippen LogP contribution in [0.4, 0.5) is 5.82 Å². The maximum atomic E-state index is 11.6. The Kier molecular flexibility index (Phi) is 3.89.